The van der Waals surface area contributed by atoms with Gasteiger partial charge in [-0.25, -0.2) is 0 Å². The maximum Gasteiger partial charge on any atom is 0.254 e. The molecule has 20 heavy (non-hydrogen) atoms. The first kappa shape index (κ1) is 17.0. The molecule has 1 atom stereocenters. The minimum atomic E-state index is 0. The van der Waals surface area contributed by atoms with Crippen LogP contribution >= 0.6 is 12.4 Å². The molecule has 1 aliphatic rings. The number of aryl methyl sites for hydroxylation is 2. The SMILES string of the molecule is CCCN(C(=O)c1ccc(C)cc1C)C1CCNC1.Cl. The van der Waals surface area contributed by atoms with E-state index in [1.165, 1.54) is 5.56 Å². The Morgan fingerprint density at radius 2 is 2.15 bits per heavy atom. The Labute approximate surface area is 128 Å². The van der Waals surface area contributed by atoms with Gasteiger partial charge in [-0.05, 0) is 44.9 Å². The summed E-state index contributed by atoms with van der Waals surface area (Å²) in [6, 6.07) is 6.44. The van der Waals surface area contributed by atoms with Gasteiger partial charge in [0, 0.05) is 24.7 Å². The molecule has 0 aromatic heterocycles. The molecular weight excluding hydrogens is 272 g/mol. The summed E-state index contributed by atoms with van der Waals surface area (Å²) >= 11 is 0. The van der Waals surface area contributed by atoms with E-state index in [0.717, 1.165) is 43.6 Å². The number of amides is 1. The number of hydrogen-bond acceptors (Lipinski definition) is 2. The summed E-state index contributed by atoms with van der Waals surface area (Å²) < 4.78 is 0. The Morgan fingerprint density at radius 3 is 2.70 bits per heavy atom. The van der Waals surface area contributed by atoms with Gasteiger partial charge < -0.3 is 10.2 Å². The molecule has 112 valence electrons. The van der Waals surface area contributed by atoms with Crippen molar-refractivity contribution in [3.05, 3.63) is 34.9 Å². The molecule has 3 nitrogen and oxygen atoms in total. The van der Waals surface area contributed by atoms with Crippen LogP contribution in [0.25, 0.3) is 0 Å². The molecule has 1 aliphatic heterocycles. The predicted molar refractivity (Wildman–Crippen MR) is 85.8 cm³/mol. The van der Waals surface area contributed by atoms with Crippen LogP contribution in [0.2, 0.25) is 0 Å². The number of carbonyl (C=O) groups excluding carboxylic acids is 1. The van der Waals surface area contributed by atoms with E-state index in [2.05, 4.69) is 30.1 Å². The molecule has 1 saturated heterocycles. The quantitative estimate of drug-likeness (QED) is 0.926. The van der Waals surface area contributed by atoms with Crippen molar-refractivity contribution in [1.29, 1.82) is 0 Å². The molecule has 1 fully saturated rings. The van der Waals surface area contributed by atoms with E-state index in [4.69, 9.17) is 0 Å². The molecule has 2 rings (SSSR count). The molecule has 1 heterocycles. The second kappa shape index (κ2) is 7.65. The van der Waals surface area contributed by atoms with Crippen molar-refractivity contribution >= 4 is 18.3 Å². The van der Waals surface area contributed by atoms with E-state index in [-0.39, 0.29) is 18.3 Å². The number of rotatable bonds is 4. The predicted octanol–water partition coefficient (Wildman–Crippen LogP) is 2.94. The lowest BCUT2D eigenvalue weighted by molar-refractivity contribution is 0.0691. The fourth-order valence-electron chi connectivity index (χ4n) is 2.80. The van der Waals surface area contributed by atoms with Gasteiger partial charge >= 0.3 is 0 Å². The smallest absolute Gasteiger partial charge is 0.254 e. The number of halogens is 1. The molecule has 1 unspecified atom stereocenters. The van der Waals surface area contributed by atoms with Crippen molar-refractivity contribution in [3.63, 3.8) is 0 Å². The van der Waals surface area contributed by atoms with Gasteiger partial charge in [0.1, 0.15) is 0 Å². The lowest BCUT2D eigenvalue weighted by Crippen LogP contribution is -2.42. The molecule has 1 amide bonds. The van der Waals surface area contributed by atoms with E-state index in [1.54, 1.807) is 0 Å². The van der Waals surface area contributed by atoms with Crippen molar-refractivity contribution in [2.45, 2.75) is 39.7 Å². The Kier molecular flexibility index (Phi) is 6.50. The standard InChI is InChI=1S/C16H24N2O.ClH/c1-4-9-18(14-7-8-17-11-14)16(19)15-6-5-12(2)10-13(15)3;/h5-6,10,14,17H,4,7-9,11H2,1-3H3;1H. The summed E-state index contributed by atoms with van der Waals surface area (Å²) in [6.07, 6.45) is 2.07. The monoisotopic (exact) mass is 296 g/mol. The summed E-state index contributed by atoms with van der Waals surface area (Å²) in [7, 11) is 0. The number of nitrogens with zero attached hydrogens (tertiary/aromatic N) is 1. The van der Waals surface area contributed by atoms with Crippen LogP contribution < -0.4 is 5.32 Å². The number of benzene rings is 1. The van der Waals surface area contributed by atoms with E-state index >= 15 is 0 Å². The summed E-state index contributed by atoms with van der Waals surface area (Å²) in [5, 5.41) is 3.35. The summed E-state index contributed by atoms with van der Waals surface area (Å²) in [6.45, 7) is 9.01. The van der Waals surface area contributed by atoms with E-state index in [0.29, 0.717) is 6.04 Å². The van der Waals surface area contributed by atoms with Gasteiger partial charge in [-0.15, -0.1) is 12.4 Å². The molecule has 0 radical (unpaired) electrons. The van der Waals surface area contributed by atoms with Crippen LogP contribution in [0, 0.1) is 13.8 Å². The third-order valence-electron chi connectivity index (χ3n) is 3.81. The van der Waals surface area contributed by atoms with Crippen LogP contribution in [0.3, 0.4) is 0 Å². The zero-order valence-corrected chi connectivity index (χ0v) is 13.4. The highest BCUT2D eigenvalue weighted by Gasteiger charge is 2.27. The van der Waals surface area contributed by atoms with Crippen LogP contribution in [0.1, 0.15) is 41.3 Å². The van der Waals surface area contributed by atoms with Gasteiger partial charge in [-0.1, -0.05) is 24.6 Å². The van der Waals surface area contributed by atoms with Gasteiger partial charge in [-0.2, -0.15) is 0 Å². The molecule has 1 N–H and O–H groups in total. The summed E-state index contributed by atoms with van der Waals surface area (Å²) in [5.74, 6) is 0.188. The maximum atomic E-state index is 12.8. The van der Waals surface area contributed by atoms with Crippen molar-refractivity contribution in [2.75, 3.05) is 19.6 Å². The highest BCUT2D eigenvalue weighted by molar-refractivity contribution is 5.96. The second-order valence-electron chi connectivity index (χ2n) is 5.46. The molecule has 1 aromatic carbocycles. The molecule has 0 aliphatic carbocycles. The Bertz CT molecular complexity index is 456. The zero-order chi connectivity index (χ0) is 13.8. The maximum absolute atomic E-state index is 12.8. The molecule has 0 spiro atoms. The van der Waals surface area contributed by atoms with Crippen molar-refractivity contribution < 1.29 is 4.79 Å². The Balaban J connectivity index is 0.00000200. The fourth-order valence-corrected chi connectivity index (χ4v) is 2.80. The van der Waals surface area contributed by atoms with Gasteiger partial charge in [0.15, 0.2) is 0 Å². The molecular formula is C16H25ClN2O. The van der Waals surface area contributed by atoms with Gasteiger partial charge in [-0.3, -0.25) is 4.79 Å². The highest BCUT2D eigenvalue weighted by atomic mass is 35.5. The third kappa shape index (κ3) is 3.74. The van der Waals surface area contributed by atoms with E-state index < -0.39 is 0 Å². The first-order chi connectivity index (χ1) is 9.13. The topological polar surface area (TPSA) is 32.3 Å². The van der Waals surface area contributed by atoms with Gasteiger partial charge in [0.25, 0.3) is 5.91 Å². The fraction of sp³-hybridized carbons (Fsp3) is 0.562. The van der Waals surface area contributed by atoms with Crippen LogP contribution in [0.15, 0.2) is 18.2 Å². The Morgan fingerprint density at radius 1 is 1.40 bits per heavy atom. The summed E-state index contributed by atoms with van der Waals surface area (Å²) in [4.78, 5) is 14.8. The summed E-state index contributed by atoms with van der Waals surface area (Å²) in [5.41, 5.74) is 3.14. The lowest BCUT2D eigenvalue weighted by atomic mass is 10.0. The highest BCUT2D eigenvalue weighted by Crippen LogP contribution is 2.17. The van der Waals surface area contributed by atoms with Crippen LogP contribution in [-0.4, -0.2) is 36.5 Å². The molecule has 0 bridgehead atoms. The first-order valence-corrected chi connectivity index (χ1v) is 7.22. The van der Waals surface area contributed by atoms with Crippen molar-refractivity contribution in [1.82, 2.24) is 10.2 Å². The molecule has 0 saturated carbocycles. The minimum absolute atomic E-state index is 0. The van der Waals surface area contributed by atoms with E-state index in [1.807, 2.05) is 19.1 Å². The zero-order valence-electron chi connectivity index (χ0n) is 12.6. The van der Waals surface area contributed by atoms with Gasteiger partial charge in [0.2, 0.25) is 0 Å². The Hall–Kier alpha value is -1.06. The average molecular weight is 297 g/mol. The van der Waals surface area contributed by atoms with Crippen molar-refractivity contribution in [2.24, 2.45) is 0 Å². The lowest BCUT2D eigenvalue weighted by Gasteiger charge is -2.29. The van der Waals surface area contributed by atoms with Crippen molar-refractivity contribution in [3.8, 4) is 0 Å². The number of carbonyl (C=O) groups is 1. The number of nitrogens with one attached hydrogen (secondary N) is 1. The van der Waals surface area contributed by atoms with Gasteiger partial charge in [0.05, 0.1) is 0 Å². The molecule has 4 heteroatoms. The van der Waals surface area contributed by atoms with Crippen LogP contribution in [0.4, 0.5) is 0 Å². The number of hydrogen-bond donors (Lipinski definition) is 1. The molecule has 1 aromatic rings. The van der Waals surface area contributed by atoms with Crippen LogP contribution in [0.5, 0.6) is 0 Å². The minimum Gasteiger partial charge on any atom is -0.334 e. The van der Waals surface area contributed by atoms with E-state index in [9.17, 15) is 4.79 Å². The third-order valence-corrected chi connectivity index (χ3v) is 3.81. The normalized spacial score (nSPS) is 17.6. The largest absolute Gasteiger partial charge is 0.334 e. The average Bonchev–Trinajstić information content (AvgIpc) is 2.89. The van der Waals surface area contributed by atoms with Crippen LogP contribution in [-0.2, 0) is 0 Å². The first-order valence-electron chi connectivity index (χ1n) is 7.22. The second-order valence-corrected chi connectivity index (χ2v) is 5.46.